The zero-order chi connectivity index (χ0) is 17.4. The Bertz CT molecular complexity index is 590. The Balaban J connectivity index is 2.82. The lowest BCUT2D eigenvalue weighted by Gasteiger charge is -2.21. The number of nitrogens with one attached hydrogen (secondary N) is 1. The molecular weight excluding hydrogens is 316 g/mol. The highest BCUT2D eigenvalue weighted by atomic mass is 32.2. The molecule has 0 aliphatic carbocycles. The summed E-state index contributed by atoms with van der Waals surface area (Å²) in [7, 11) is 4.69. The van der Waals surface area contributed by atoms with E-state index in [4.69, 9.17) is 15.0 Å². The van der Waals surface area contributed by atoms with Crippen molar-refractivity contribution in [1.82, 2.24) is 5.01 Å². The molecule has 7 nitrogen and oxygen atoms in total. The fourth-order valence-corrected chi connectivity index (χ4v) is 2.78. The van der Waals surface area contributed by atoms with Gasteiger partial charge < -0.3 is 9.47 Å². The van der Waals surface area contributed by atoms with E-state index >= 15 is 0 Å². The maximum Gasteiger partial charge on any atom is 0.181 e. The molecular formula is C15H22N4O3S. The summed E-state index contributed by atoms with van der Waals surface area (Å²) in [6, 6.07) is 5.04. The lowest BCUT2D eigenvalue weighted by molar-refractivity contribution is 0.102. The second-order valence-corrected chi connectivity index (χ2v) is 5.77. The van der Waals surface area contributed by atoms with Crippen molar-refractivity contribution < 1.29 is 14.3 Å². The Labute approximate surface area is 140 Å². The first-order valence-electron chi connectivity index (χ1n) is 6.99. The van der Waals surface area contributed by atoms with Crippen LogP contribution < -0.4 is 9.47 Å². The summed E-state index contributed by atoms with van der Waals surface area (Å²) in [6.45, 7) is 3.81. The van der Waals surface area contributed by atoms with E-state index in [0.717, 1.165) is 0 Å². The minimum Gasteiger partial charge on any atom is -0.493 e. The molecule has 0 radical (unpaired) electrons. The molecule has 0 saturated heterocycles. The van der Waals surface area contributed by atoms with Crippen LogP contribution in [0.3, 0.4) is 0 Å². The van der Waals surface area contributed by atoms with E-state index in [0.29, 0.717) is 22.2 Å². The van der Waals surface area contributed by atoms with Gasteiger partial charge in [-0.3, -0.25) is 9.79 Å². The van der Waals surface area contributed by atoms with Gasteiger partial charge in [-0.2, -0.15) is 5.53 Å². The summed E-state index contributed by atoms with van der Waals surface area (Å²) in [5, 5.41) is 5.44. The van der Waals surface area contributed by atoms with Crippen molar-refractivity contribution >= 4 is 22.7 Å². The summed E-state index contributed by atoms with van der Waals surface area (Å²) in [6.07, 6.45) is 0. The van der Waals surface area contributed by atoms with E-state index in [-0.39, 0.29) is 17.6 Å². The number of carbonyl (C=O) groups is 1. The predicted molar refractivity (Wildman–Crippen MR) is 91.8 cm³/mol. The number of benzene rings is 1. The van der Waals surface area contributed by atoms with Gasteiger partial charge in [0.15, 0.2) is 22.4 Å². The molecule has 0 spiro atoms. The van der Waals surface area contributed by atoms with Crippen molar-refractivity contribution in [2.75, 3.05) is 27.0 Å². The maximum absolute atomic E-state index is 12.3. The minimum atomic E-state index is -0.0641. The molecule has 0 aliphatic heterocycles. The second kappa shape index (κ2) is 9.14. The SMILES string of the molecule is CN=C(SCC(=O)c1ccc(OC)c(OC)c1)N(N=N)C(C)C. The number of hydrogen-bond donors (Lipinski definition) is 1. The number of methoxy groups -OCH3 is 2. The highest BCUT2D eigenvalue weighted by Crippen LogP contribution is 2.28. The molecule has 0 bridgehead atoms. The molecule has 0 heterocycles. The monoisotopic (exact) mass is 338 g/mol. The molecule has 1 rings (SSSR count). The van der Waals surface area contributed by atoms with Crippen molar-refractivity contribution in [3.8, 4) is 11.5 Å². The van der Waals surface area contributed by atoms with Crippen LogP contribution in [0.15, 0.2) is 28.4 Å². The quantitative estimate of drug-likeness (QED) is 0.271. The first-order valence-corrected chi connectivity index (χ1v) is 7.98. The summed E-state index contributed by atoms with van der Waals surface area (Å²) < 4.78 is 10.4. The Morgan fingerprint density at radius 3 is 2.43 bits per heavy atom. The van der Waals surface area contributed by atoms with Crippen molar-refractivity contribution in [3.05, 3.63) is 23.8 Å². The number of ketones is 1. The van der Waals surface area contributed by atoms with E-state index in [9.17, 15) is 4.79 Å². The van der Waals surface area contributed by atoms with Crippen LogP contribution >= 0.6 is 11.8 Å². The third kappa shape index (κ3) is 4.95. The summed E-state index contributed by atoms with van der Waals surface area (Å²) in [5.74, 6) is 1.22. The zero-order valence-electron chi connectivity index (χ0n) is 14.0. The number of hydrogen-bond acceptors (Lipinski definition) is 7. The fraction of sp³-hybridized carbons (Fsp3) is 0.467. The molecule has 0 fully saturated rings. The van der Waals surface area contributed by atoms with Crippen molar-refractivity contribution in [2.24, 2.45) is 10.2 Å². The number of nitrogens with zero attached hydrogens (tertiary/aromatic N) is 3. The van der Waals surface area contributed by atoms with Crippen LogP contribution in [0.1, 0.15) is 24.2 Å². The van der Waals surface area contributed by atoms with Crippen LogP contribution in [-0.2, 0) is 0 Å². The minimum absolute atomic E-state index is 0.00474. The lowest BCUT2D eigenvalue weighted by atomic mass is 10.1. The predicted octanol–water partition coefficient (Wildman–Crippen LogP) is 3.26. The second-order valence-electron chi connectivity index (χ2n) is 4.83. The van der Waals surface area contributed by atoms with Crippen LogP contribution in [0.5, 0.6) is 11.5 Å². The smallest absolute Gasteiger partial charge is 0.181 e. The number of aliphatic imine (C=N–C) groups is 1. The zero-order valence-corrected chi connectivity index (χ0v) is 14.8. The molecule has 0 unspecified atom stereocenters. The van der Waals surface area contributed by atoms with Crippen LogP contribution in [0.25, 0.3) is 0 Å². The summed E-state index contributed by atoms with van der Waals surface area (Å²) in [4.78, 5) is 16.4. The van der Waals surface area contributed by atoms with E-state index in [1.54, 1.807) is 32.4 Å². The van der Waals surface area contributed by atoms with Gasteiger partial charge in [-0.05, 0) is 32.0 Å². The average Bonchev–Trinajstić information content (AvgIpc) is 2.56. The standard InChI is InChI=1S/C15H22N4O3S/c1-10(2)19(18-16)15(17-3)23-9-12(20)11-6-7-13(21-4)14(8-11)22-5/h6-8,10,16H,9H2,1-5H3. The molecule has 126 valence electrons. The number of carbonyl (C=O) groups excluding carboxylic acids is 1. The first-order chi connectivity index (χ1) is 11.0. The highest BCUT2D eigenvalue weighted by molar-refractivity contribution is 8.14. The number of amidine groups is 1. The van der Waals surface area contributed by atoms with Gasteiger partial charge >= 0.3 is 0 Å². The van der Waals surface area contributed by atoms with Crippen molar-refractivity contribution in [3.63, 3.8) is 0 Å². The summed E-state index contributed by atoms with van der Waals surface area (Å²) in [5.41, 5.74) is 7.75. The van der Waals surface area contributed by atoms with Gasteiger partial charge in [0, 0.05) is 12.6 Å². The van der Waals surface area contributed by atoms with Crippen LogP contribution in [-0.4, -0.2) is 49.0 Å². The van der Waals surface area contributed by atoms with Gasteiger partial charge in [-0.25, -0.2) is 5.01 Å². The largest absolute Gasteiger partial charge is 0.493 e. The third-order valence-electron chi connectivity index (χ3n) is 3.02. The van der Waals surface area contributed by atoms with E-state index in [1.807, 2.05) is 13.8 Å². The molecule has 1 aromatic rings. The molecule has 0 atom stereocenters. The number of ether oxygens (including phenoxy) is 2. The van der Waals surface area contributed by atoms with Gasteiger partial charge in [-0.15, -0.1) is 0 Å². The third-order valence-corrected chi connectivity index (χ3v) is 4.06. The van der Waals surface area contributed by atoms with E-state index in [1.165, 1.54) is 23.9 Å². The van der Waals surface area contributed by atoms with Crippen molar-refractivity contribution in [1.29, 1.82) is 5.53 Å². The maximum atomic E-state index is 12.3. The molecule has 8 heteroatoms. The van der Waals surface area contributed by atoms with Gasteiger partial charge in [0.1, 0.15) is 0 Å². The van der Waals surface area contributed by atoms with E-state index in [2.05, 4.69) is 10.2 Å². The van der Waals surface area contributed by atoms with Gasteiger partial charge in [0.05, 0.1) is 26.0 Å². The van der Waals surface area contributed by atoms with Crippen LogP contribution in [0.4, 0.5) is 0 Å². The van der Waals surface area contributed by atoms with E-state index < -0.39 is 0 Å². The normalized spacial score (nSPS) is 11.3. The summed E-state index contributed by atoms with van der Waals surface area (Å²) >= 11 is 1.25. The molecule has 1 aromatic carbocycles. The van der Waals surface area contributed by atoms with Crippen LogP contribution in [0, 0.1) is 5.53 Å². The van der Waals surface area contributed by atoms with Gasteiger partial charge in [0.25, 0.3) is 0 Å². The Morgan fingerprint density at radius 2 is 1.96 bits per heavy atom. The lowest BCUT2D eigenvalue weighted by Crippen LogP contribution is -2.30. The number of thioether (sulfide) groups is 1. The molecule has 0 amide bonds. The molecule has 0 aliphatic rings. The average molecular weight is 338 g/mol. The topological polar surface area (TPSA) is 87.3 Å². The Morgan fingerprint density at radius 1 is 1.30 bits per heavy atom. The Kier molecular flexibility index (Phi) is 7.53. The fourth-order valence-electron chi connectivity index (χ4n) is 1.84. The number of rotatable bonds is 7. The molecule has 1 N–H and O–H groups in total. The molecule has 0 aromatic heterocycles. The molecule has 23 heavy (non-hydrogen) atoms. The van der Waals surface area contributed by atoms with Crippen molar-refractivity contribution in [2.45, 2.75) is 19.9 Å². The first kappa shape index (κ1) is 19.0. The van der Waals surface area contributed by atoms with Gasteiger partial charge in [-0.1, -0.05) is 17.0 Å². The van der Waals surface area contributed by atoms with Crippen LogP contribution in [0.2, 0.25) is 0 Å². The number of Topliss-reactive ketones (excluding diaryl/α,β-unsaturated/α-hetero) is 1. The van der Waals surface area contributed by atoms with Gasteiger partial charge in [0.2, 0.25) is 0 Å². The Hall–Kier alpha value is -2.09. The molecule has 0 saturated carbocycles. The highest BCUT2D eigenvalue weighted by Gasteiger charge is 2.17.